The second kappa shape index (κ2) is 5.91. The lowest BCUT2D eigenvalue weighted by molar-refractivity contribution is 0.0926. The van der Waals surface area contributed by atoms with Gasteiger partial charge in [0, 0.05) is 10.6 Å². The molecule has 0 spiro atoms. The van der Waals surface area contributed by atoms with Crippen molar-refractivity contribution in [2.24, 2.45) is 5.10 Å². The summed E-state index contributed by atoms with van der Waals surface area (Å²) in [6.07, 6.45) is 1.44. The highest BCUT2D eigenvalue weighted by Crippen LogP contribution is 2.19. The number of furan rings is 1. The molecule has 0 radical (unpaired) electrons. The molecule has 19 heavy (non-hydrogen) atoms. The molecule has 1 aromatic carbocycles. The molecule has 1 N–H and O–H groups in total. The molecule has 0 aliphatic carbocycles. The van der Waals surface area contributed by atoms with Gasteiger partial charge in [-0.15, -0.1) is 0 Å². The summed E-state index contributed by atoms with van der Waals surface area (Å²) in [6, 6.07) is 8.27. The number of nitrogens with zero attached hydrogens (tertiary/aromatic N) is 1. The fraction of sp³-hybridized carbons (Fsp3) is 0.0769. The molecule has 0 bridgehead atoms. The Bertz CT molecular complexity index is 635. The minimum atomic E-state index is -0.422. The number of benzene rings is 1. The van der Waals surface area contributed by atoms with Crippen LogP contribution in [0.1, 0.15) is 21.9 Å². The molecular weight excluding hydrogens is 287 g/mol. The quantitative estimate of drug-likeness (QED) is 0.694. The van der Waals surface area contributed by atoms with Crippen LogP contribution in [0.25, 0.3) is 0 Å². The summed E-state index contributed by atoms with van der Waals surface area (Å²) in [6.45, 7) is 1.76. The molecule has 98 valence electrons. The number of hydrogen-bond donors (Lipinski definition) is 1. The average molecular weight is 297 g/mol. The van der Waals surface area contributed by atoms with Crippen LogP contribution in [0.2, 0.25) is 10.0 Å². The van der Waals surface area contributed by atoms with Gasteiger partial charge in [-0.05, 0) is 31.2 Å². The molecule has 4 nitrogen and oxygen atoms in total. The van der Waals surface area contributed by atoms with E-state index in [9.17, 15) is 4.79 Å². The van der Waals surface area contributed by atoms with E-state index in [2.05, 4.69) is 10.5 Å². The van der Waals surface area contributed by atoms with Gasteiger partial charge in [0.05, 0.1) is 11.2 Å². The van der Waals surface area contributed by atoms with E-state index in [1.165, 1.54) is 6.21 Å². The summed E-state index contributed by atoms with van der Waals surface area (Å²) in [5.74, 6) is 0.446. The van der Waals surface area contributed by atoms with Crippen molar-refractivity contribution in [2.75, 3.05) is 0 Å². The third-order valence-electron chi connectivity index (χ3n) is 2.30. The summed E-state index contributed by atoms with van der Waals surface area (Å²) in [4.78, 5) is 11.6. The maximum atomic E-state index is 11.6. The standard InChI is InChI=1S/C13H10Cl2N2O2/c1-8-2-5-12(19-8)13(18)17-16-7-9-3-4-10(14)6-11(9)15/h2-7H,1H3,(H,17,18). The monoisotopic (exact) mass is 296 g/mol. The average Bonchev–Trinajstić information content (AvgIpc) is 2.78. The van der Waals surface area contributed by atoms with E-state index in [1.807, 2.05) is 0 Å². The van der Waals surface area contributed by atoms with Gasteiger partial charge in [-0.2, -0.15) is 5.10 Å². The second-order valence-electron chi connectivity index (χ2n) is 3.78. The van der Waals surface area contributed by atoms with Gasteiger partial charge in [0.2, 0.25) is 0 Å². The topological polar surface area (TPSA) is 54.6 Å². The van der Waals surface area contributed by atoms with E-state index in [0.29, 0.717) is 21.4 Å². The van der Waals surface area contributed by atoms with Crippen LogP contribution < -0.4 is 5.43 Å². The molecule has 2 aromatic rings. The number of nitrogens with one attached hydrogen (secondary N) is 1. The number of carbonyl (C=O) groups excluding carboxylic acids is 1. The molecule has 0 fully saturated rings. The van der Waals surface area contributed by atoms with Crippen LogP contribution in [-0.4, -0.2) is 12.1 Å². The Morgan fingerprint density at radius 2 is 2.11 bits per heavy atom. The number of hydrazone groups is 1. The fourth-order valence-electron chi connectivity index (χ4n) is 1.38. The molecule has 2 rings (SSSR count). The number of rotatable bonds is 3. The molecular formula is C13H10Cl2N2O2. The molecule has 0 atom stereocenters. The second-order valence-corrected chi connectivity index (χ2v) is 4.62. The van der Waals surface area contributed by atoms with Crippen molar-refractivity contribution in [3.05, 3.63) is 57.5 Å². The van der Waals surface area contributed by atoms with Crippen LogP contribution in [0.4, 0.5) is 0 Å². The molecule has 0 unspecified atom stereocenters. The van der Waals surface area contributed by atoms with Gasteiger partial charge >= 0.3 is 5.91 Å². The van der Waals surface area contributed by atoms with Crippen molar-refractivity contribution in [1.29, 1.82) is 0 Å². The highest BCUT2D eigenvalue weighted by Gasteiger charge is 2.08. The maximum absolute atomic E-state index is 11.6. The zero-order chi connectivity index (χ0) is 13.8. The first-order chi connectivity index (χ1) is 9.06. The first-order valence-electron chi connectivity index (χ1n) is 5.41. The first kappa shape index (κ1) is 13.6. The smallest absolute Gasteiger partial charge is 0.307 e. The van der Waals surface area contributed by atoms with Gasteiger partial charge in [-0.1, -0.05) is 29.3 Å². The molecule has 0 aliphatic rings. The SMILES string of the molecule is Cc1ccc(C(=O)NN=Cc2ccc(Cl)cc2Cl)o1. The zero-order valence-electron chi connectivity index (χ0n) is 9.98. The number of halogens is 2. The summed E-state index contributed by atoms with van der Waals surface area (Å²) in [7, 11) is 0. The molecule has 0 saturated heterocycles. The maximum Gasteiger partial charge on any atom is 0.307 e. The van der Waals surface area contributed by atoms with Gasteiger partial charge in [0.1, 0.15) is 5.76 Å². The van der Waals surface area contributed by atoms with Crippen LogP contribution in [0, 0.1) is 6.92 Å². The Morgan fingerprint density at radius 1 is 1.32 bits per heavy atom. The van der Waals surface area contributed by atoms with Crippen molar-refractivity contribution in [3.63, 3.8) is 0 Å². The molecule has 1 amide bonds. The Labute approximate surface area is 120 Å². The molecule has 0 saturated carbocycles. The predicted molar refractivity (Wildman–Crippen MR) is 75.0 cm³/mol. The van der Waals surface area contributed by atoms with E-state index >= 15 is 0 Å². The van der Waals surface area contributed by atoms with Crippen molar-refractivity contribution >= 4 is 35.3 Å². The Kier molecular flexibility index (Phi) is 4.24. The van der Waals surface area contributed by atoms with Crippen molar-refractivity contribution in [1.82, 2.24) is 5.43 Å². The third kappa shape index (κ3) is 3.59. The van der Waals surface area contributed by atoms with E-state index in [4.69, 9.17) is 27.6 Å². The Hall–Kier alpha value is -1.78. The number of amides is 1. The lowest BCUT2D eigenvalue weighted by Gasteiger charge is -1.98. The van der Waals surface area contributed by atoms with Crippen molar-refractivity contribution < 1.29 is 9.21 Å². The van der Waals surface area contributed by atoms with Gasteiger partial charge < -0.3 is 4.42 Å². The van der Waals surface area contributed by atoms with E-state index in [0.717, 1.165) is 0 Å². The van der Waals surface area contributed by atoms with E-state index < -0.39 is 5.91 Å². The Morgan fingerprint density at radius 3 is 2.74 bits per heavy atom. The molecule has 1 aromatic heterocycles. The molecule has 6 heteroatoms. The number of aryl methyl sites for hydroxylation is 1. The normalized spacial score (nSPS) is 10.9. The summed E-state index contributed by atoms with van der Waals surface area (Å²) >= 11 is 11.7. The lowest BCUT2D eigenvalue weighted by atomic mass is 10.2. The van der Waals surface area contributed by atoms with Crippen LogP contribution in [-0.2, 0) is 0 Å². The van der Waals surface area contributed by atoms with Gasteiger partial charge in [0.25, 0.3) is 0 Å². The third-order valence-corrected chi connectivity index (χ3v) is 2.86. The zero-order valence-corrected chi connectivity index (χ0v) is 11.5. The lowest BCUT2D eigenvalue weighted by Crippen LogP contribution is -2.16. The van der Waals surface area contributed by atoms with Crippen LogP contribution in [0.5, 0.6) is 0 Å². The van der Waals surface area contributed by atoms with Crippen molar-refractivity contribution in [2.45, 2.75) is 6.92 Å². The number of hydrogen-bond acceptors (Lipinski definition) is 3. The number of carbonyl (C=O) groups is 1. The predicted octanol–water partition coefficient (Wildman–Crippen LogP) is 3.66. The fourth-order valence-corrected chi connectivity index (χ4v) is 1.84. The highest BCUT2D eigenvalue weighted by molar-refractivity contribution is 6.36. The minimum Gasteiger partial charge on any atom is -0.456 e. The summed E-state index contributed by atoms with van der Waals surface area (Å²) in [5, 5.41) is 4.80. The van der Waals surface area contributed by atoms with Gasteiger partial charge in [0.15, 0.2) is 5.76 Å². The first-order valence-corrected chi connectivity index (χ1v) is 6.17. The summed E-state index contributed by atoms with van der Waals surface area (Å²) in [5.41, 5.74) is 3.00. The van der Waals surface area contributed by atoms with Crippen LogP contribution >= 0.6 is 23.2 Å². The van der Waals surface area contributed by atoms with E-state index in [-0.39, 0.29) is 5.76 Å². The van der Waals surface area contributed by atoms with Crippen LogP contribution in [0.3, 0.4) is 0 Å². The van der Waals surface area contributed by atoms with Gasteiger partial charge in [-0.25, -0.2) is 5.43 Å². The minimum absolute atomic E-state index is 0.205. The van der Waals surface area contributed by atoms with Crippen molar-refractivity contribution in [3.8, 4) is 0 Å². The largest absolute Gasteiger partial charge is 0.456 e. The summed E-state index contributed by atoms with van der Waals surface area (Å²) < 4.78 is 5.16. The highest BCUT2D eigenvalue weighted by atomic mass is 35.5. The Balaban J connectivity index is 2.02. The molecule has 1 heterocycles. The van der Waals surface area contributed by atoms with E-state index in [1.54, 1.807) is 37.3 Å². The van der Waals surface area contributed by atoms with Gasteiger partial charge in [-0.3, -0.25) is 4.79 Å². The van der Waals surface area contributed by atoms with Crippen LogP contribution in [0.15, 0.2) is 39.9 Å². The molecule has 0 aliphatic heterocycles.